The number of rotatable bonds is 2. The molecule has 0 aliphatic carbocycles. The molecule has 0 aliphatic heterocycles. The van der Waals surface area contributed by atoms with Crippen molar-refractivity contribution in [3.05, 3.63) is 0 Å². The van der Waals surface area contributed by atoms with Crippen molar-refractivity contribution in [1.29, 1.82) is 0 Å². The van der Waals surface area contributed by atoms with Crippen LogP contribution in [-0.2, 0) is 4.79 Å². The highest BCUT2D eigenvalue weighted by atomic mass is 35.6. The monoisotopic (exact) mass is 235 g/mol. The molecule has 0 saturated heterocycles. The van der Waals surface area contributed by atoms with E-state index in [2.05, 4.69) is 0 Å². The molecule has 6 heteroatoms. The SMILES string of the molecule is CC(C)[C@H](N)C(=O)O.ClC(Cl)Cl. The number of hydrogen-bond donors (Lipinski definition) is 2. The fourth-order valence-electron chi connectivity index (χ4n) is 0.285. The molecular weight excluding hydrogens is 224 g/mol. The Labute approximate surface area is 86.8 Å². The van der Waals surface area contributed by atoms with Crippen molar-refractivity contribution in [2.45, 2.75) is 24.2 Å². The lowest BCUT2D eigenvalue weighted by atomic mass is 10.1. The minimum Gasteiger partial charge on any atom is -0.480 e. The fourth-order valence-corrected chi connectivity index (χ4v) is 0.285. The second-order valence-corrected chi connectivity index (χ2v) is 4.33. The molecule has 0 amide bonds. The molecule has 0 aromatic rings. The van der Waals surface area contributed by atoms with Crippen LogP contribution in [0.15, 0.2) is 0 Å². The molecule has 0 heterocycles. The first kappa shape index (κ1) is 14.8. The van der Waals surface area contributed by atoms with Crippen LogP contribution in [0.4, 0.5) is 0 Å². The van der Waals surface area contributed by atoms with E-state index in [-0.39, 0.29) is 5.92 Å². The first-order valence-corrected chi connectivity index (χ1v) is 4.50. The third-order valence-electron chi connectivity index (χ3n) is 1.00. The number of carbonyl (C=O) groups is 1. The smallest absolute Gasteiger partial charge is 0.320 e. The average molecular weight is 237 g/mol. The maximum atomic E-state index is 10.0. The first-order chi connectivity index (χ1) is 5.29. The zero-order valence-electron chi connectivity index (χ0n) is 6.80. The summed E-state index contributed by atoms with van der Waals surface area (Å²) in [6.45, 7) is 3.55. The van der Waals surface area contributed by atoms with Gasteiger partial charge in [-0.2, -0.15) is 0 Å². The third-order valence-corrected chi connectivity index (χ3v) is 1.00. The highest BCUT2D eigenvalue weighted by Crippen LogP contribution is 2.03. The van der Waals surface area contributed by atoms with E-state index in [0.29, 0.717) is 0 Å². The molecule has 1 atom stereocenters. The number of carboxylic acids is 1. The predicted molar refractivity (Wildman–Crippen MR) is 51.8 cm³/mol. The summed E-state index contributed by atoms with van der Waals surface area (Å²) in [7, 11) is 0. The van der Waals surface area contributed by atoms with Crippen molar-refractivity contribution in [3.8, 4) is 0 Å². The van der Waals surface area contributed by atoms with Gasteiger partial charge in [0.1, 0.15) is 6.04 Å². The van der Waals surface area contributed by atoms with Gasteiger partial charge in [0.05, 0.1) is 0 Å². The second kappa shape index (κ2) is 7.92. The van der Waals surface area contributed by atoms with Crippen LogP contribution in [-0.4, -0.2) is 21.4 Å². The Balaban J connectivity index is 0. The average Bonchev–Trinajstić information content (AvgIpc) is 1.84. The lowest BCUT2D eigenvalue weighted by Crippen LogP contribution is -2.34. The van der Waals surface area contributed by atoms with E-state index in [1.54, 1.807) is 13.8 Å². The molecule has 3 N–H and O–H groups in total. The summed E-state index contributed by atoms with van der Waals surface area (Å²) < 4.78 is -0.750. The van der Waals surface area contributed by atoms with Gasteiger partial charge in [-0.15, -0.1) is 0 Å². The summed E-state index contributed by atoms with van der Waals surface area (Å²) in [5.41, 5.74) is 5.16. The van der Waals surface area contributed by atoms with Gasteiger partial charge in [-0.1, -0.05) is 48.7 Å². The summed E-state index contributed by atoms with van der Waals surface area (Å²) in [5.74, 6) is -0.910. The van der Waals surface area contributed by atoms with E-state index in [9.17, 15) is 4.79 Å². The zero-order chi connectivity index (χ0) is 10.3. The first-order valence-electron chi connectivity index (χ1n) is 3.19. The van der Waals surface area contributed by atoms with Crippen LogP contribution in [0.5, 0.6) is 0 Å². The van der Waals surface area contributed by atoms with Gasteiger partial charge in [0.2, 0.25) is 0 Å². The van der Waals surface area contributed by atoms with Gasteiger partial charge in [0, 0.05) is 0 Å². The van der Waals surface area contributed by atoms with E-state index in [1.165, 1.54) is 0 Å². The van der Waals surface area contributed by atoms with E-state index < -0.39 is 16.3 Å². The van der Waals surface area contributed by atoms with Gasteiger partial charge in [-0.25, -0.2) is 0 Å². The number of aliphatic carboxylic acids is 1. The van der Waals surface area contributed by atoms with E-state index in [4.69, 9.17) is 45.6 Å². The summed E-state index contributed by atoms with van der Waals surface area (Å²) >= 11 is 14.4. The van der Waals surface area contributed by atoms with Crippen LogP contribution in [0.25, 0.3) is 0 Å². The van der Waals surface area contributed by atoms with Crippen LogP contribution in [0.3, 0.4) is 0 Å². The normalized spacial score (nSPS) is 12.3. The van der Waals surface area contributed by atoms with Crippen molar-refractivity contribution in [1.82, 2.24) is 0 Å². The van der Waals surface area contributed by atoms with E-state index in [0.717, 1.165) is 0 Å². The highest BCUT2D eigenvalue weighted by molar-refractivity contribution is 6.63. The molecule has 12 heavy (non-hydrogen) atoms. The van der Waals surface area contributed by atoms with E-state index >= 15 is 0 Å². The second-order valence-electron chi connectivity index (χ2n) is 2.36. The maximum Gasteiger partial charge on any atom is 0.320 e. The summed E-state index contributed by atoms with van der Waals surface area (Å²) in [6.07, 6.45) is 0. The fraction of sp³-hybridized carbons (Fsp3) is 0.833. The van der Waals surface area contributed by atoms with Crippen LogP contribution in [0.2, 0.25) is 0 Å². The summed E-state index contributed by atoms with van der Waals surface area (Å²) in [5, 5.41) is 8.23. The van der Waals surface area contributed by atoms with Crippen molar-refractivity contribution in [2.75, 3.05) is 0 Å². The molecule has 0 spiro atoms. The summed E-state index contributed by atoms with van der Waals surface area (Å²) in [6, 6.07) is -0.713. The Bertz CT molecular complexity index is 127. The molecule has 74 valence electrons. The van der Waals surface area contributed by atoms with Gasteiger partial charge < -0.3 is 10.8 Å². The lowest BCUT2D eigenvalue weighted by Gasteiger charge is -2.07. The molecule has 0 fully saturated rings. The van der Waals surface area contributed by atoms with Crippen molar-refractivity contribution < 1.29 is 9.90 Å². The highest BCUT2D eigenvalue weighted by Gasteiger charge is 2.14. The standard InChI is InChI=1S/C5H11NO2.CHCl3/c1-3(2)4(6)5(7)8;2-1(3)4/h3-4H,6H2,1-2H3,(H,7,8);1H/t4-;/m0./s1. The molecule has 0 saturated carbocycles. The van der Waals surface area contributed by atoms with Crippen LogP contribution < -0.4 is 5.73 Å². The van der Waals surface area contributed by atoms with Gasteiger partial charge >= 0.3 is 5.97 Å². The predicted octanol–water partition coefficient (Wildman–Crippen LogP) is 2.04. The number of hydrogen-bond acceptors (Lipinski definition) is 2. The topological polar surface area (TPSA) is 63.3 Å². The molecular formula is C6H12Cl3NO2. The minimum atomic E-state index is -0.931. The molecule has 0 aliphatic rings. The third kappa shape index (κ3) is 12.9. The molecule has 0 bridgehead atoms. The molecule has 0 unspecified atom stereocenters. The van der Waals surface area contributed by atoms with Crippen molar-refractivity contribution >= 4 is 40.8 Å². The quantitative estimate of drug-likeness (QED) is 0.721. The molecule has 0 radical (unpaired) electrons. The largest absolute Gasteiger partial charge is 0.480 e. The molecule has 0 aromatic carbocycles. The Hall–Kier alpha value is 0.300. The van der Waals surface area contributed by atoms with Gasteiger partial charge in [-0.3, -0.25) is 4.79 Å². The van der Waals surface area contributed by atoms with Gasteiger partial charge in [0.25, 0.3) is 0 Å². The number of alkyl halides is 3. The number of carboxylic acid groups (broad SMARTS) is 1. The Morgan fingerprint density at radius 2 is 1.58 bits per heavy atom. The molecule has 0 aromatic heterocycles. The van der Waals surface area contributed by atoms with Crippen LogP contribution in [0.1, 0.15) is 13.8 Å². The summed E-state index contributed by atoms with van der Waals surface area (Å²) in [4.78, 5) is 10.0. The number of nitrogens with two attached hydrogens (primary N) is 1. The number of halogens is 3. The van der Waals surface area contributed by atoms with E-state index in [1.807, 2.05) is 0 Å². The Morgan fingerprint density at radius 1 is 1.33 bits per heavy atom. The van der Waals surface area contributed by atoms with Crippen LogP contribution >= 0.6 is 34.8 Å². The minimum absolute atomic E-state index is 0.0208. The zero-order valence-corrected chi connectivity index (χ0v) is 9.07. The lowest BCUT2D eigenvalue weighted by molar-refractivity contribution is -0.139. The van der Waals surface area contributed by atoms with Crippen molar-refractivity contribution in [2.24, 2.45) is 11.7 Å². The van der Waals surface area contributed by atoms with Crippen molar-refractivity contribution in [3.63, 3.8) is 0 Å². The van der Waals surface area contributed by atoms with Gasteiger partial charge in [0.15, 0.2) is 4.30 Å². The Kier molecular flexibility index (Phi) is 9.78. The maximum absolute atomic E-state index is 10.0. The molecule has 3 nitrogen and oxygen atoms in total. The van der Waals surface area contributed by atoms with Gasteiger partial charge in [-0.05, 0) is 5.92 Å². The molecule has 0 rings (SSSR count). The Morgan fingerprint density at radius 3 is 1.58 bits per heavy atom. The van der Waals surface area contributed by atoms with Crippen LogP contribution in [0, 0.1) is 5.92 Å².